The van der Waals surface area contributed by atoms with Crippen molar-refractivity contribution in [2.24, 2.45) is 11.8 Å². The number of carbonyl (C=O) groups is 5. The van der Waals surface area contributed by atoms with Crippen LogP contribution in [0.15, 0.2) is 127 Å². The highest BCUT2D eigenvalue weighted by atomic mass is 32.1. The molecule has 14 heteroatoms. The van der Waals surface area contributed by atoms with Gasteiger partial charge in [-0.05, 0) is 64.7 Å². The molecule has 1 aromatic heterocycles. The van der Waals surface area contributed by atoms with Crippen LogP contribution in [0, 0.1) is 23.7 Å². The van der Waals surface area contributed by atoms with Gasteiger partial charge in [-0.2, -0.15) is 0 Å². The third-order valence-electron chi connectivity index (χ3n) is 11.8. The second kappa shape index (κ2) is 16.3. The number of fused-ring (bicyclic) bond motifs is 4. The maximum atomic E-state index is 15.4. The number of hydrogen-bond acceptors (Lipinski definition) is 12. The fourth-order valence-electron chi connectivity index (χ4n) is 9.24. The van der Waals surface area contributed by atoms with Crippen LogP contribution in [0.4, 0.5) is 10.8 Å². The van der Waals surface area contributed by atoms with Gasteiger partial charge in [-0.1, -0.05) is 108 Å². The summed E-state index contributed by atoms with van der Waals surface area (Å²) in [4.78, 5) is 77.4. The van der Waals surface area contributed by atoms with E-state index in [1.165, 1.54) is 37.7 Å². The number of phenolic OH excluding ortho intramolecular Hbond substituents is 1. The average molecular weight is 847 g/mol. The van der Waals surface area contributed by atoms with Gasteiger partial charge in [-0.15, -0.1) is 0 Å². The number of hydrogen-bond donors (Lipinski definition) is 3. The van der Waals surface area contributed by atoms with Crippen LogP contribution >= 0.6 is 11.3 Å². The van der Waals surface area contributed by atoms with Crippen molar-refractivity contribution in [3.63, 3.8) is 0 Å². The Morgan fingerprint density at radius 1 is 0.855 bits per heavy atom. The molecule has 5 aromatic carbocycles. The van der Waals surface area contributed by atoms with Crippen molar-refractivity contribution in [1.82, 2.24) is 9.88 Å². The first-order chi connectivity index (χ1) is 30.1. The van der Waals surface area contributed by atoms with Gasteiger partial charge in [0.05, 0.1) is 42.4 Å². The predicted molar refractivity (Wildman–Crippen MR) is 228 cm³/mol. The van der Waals surface area contributed by atoms with Crippen molar-refractivity contribution in [3.8, 4) is 17.6 Å². The zero-order chi connectivity index (χ0) is 43.1. The van der Waals surface area contributed by atoms with Crippen LogP contribution in [-0.4, -0.2) is 65.0 Å². The molecule has 0 radical (unpaired) electrons. The van der Waals surface area contributed by atoms with E-state index in [0.29, 0.717) is 33.5 Å². The van der Waals surface area contributed by atoms with Gasteiger partial charge in [0.2, 0.25) is 11.8 Å². The maximum absolute atomic E-state index is 15.4. The number of para-hydroxylation sites is 1. The number of nitrogens with zero attached hydrogens (tertiary/aromatic N) is 2. The van der Waals surface area contributed by atoms with Crippen LogP contribution in [-0.2, 0) is 43.6 Å². The number of benzene rings is 5. The van der Waals surface area contributed by atoms with E-state index >= 15 is 14.4 Å². The van der Waals surface area contributed by atoms with Crippen molar-refractivity contribution in [2.45, 2.75) is 36.1 Å². The number of ether oxygens (including phenoxy) is 3. The Morgan fingerprint density at radius 2 is 1.52 bits per heavy atom. The number of aromatic hydroxyl groups is 1. The molecule has 0 bridgehead atoms. The third kappa shape index (κ3) is 6.72. The molecular weight excluding hydrogens is 809 g/mol. The lowest BCUT2D eigenvalue weighted by atomic mass is 9.65. The van der Waals surface area contributed by atoms with Gasteiger partial charge in [-0.3, -0.25) is 28.9 Å². The number of phenols is 1. The highest BCUT2D eigenvalue weighted by Gasteiger charge is 2.74. The average Bonchev–Trinajstić information content (AvgIpc) is 3.95. The lowest BCUT2D eigenvalue weighted by molar-refractivity contribution is -0.178. The summed E-state index contributed by atoms with van der Waals surface area (Å²) in [5.41, 5.74) is 2.04. The summed E-state index contributed by atoms with van der Waals surface area (Å²) >= 11 is 1.26. The lowest BCUT2D eigenvalue weighted by Crippen LogP contribution is -2.53. The van der Waals surface area contributed by atoms with Gasteiger partial charge in [0, 0.05) is 17.7 Å². The third-order valence-corrected chi connectivity index (χ3v) is 12.8. The minimum atomic E-state index is -1.84. The number of carbonyl (C=O) groups excluding carboxylic acids is 5. The molecular formula is C48H38N4O9S. The van der Waals surface area contributed by atoms with Crippen molar-refractivity contribution >= 4 is 62.1 Å². The van der Waals surface area contributed by atoms with Gasteiger partial charge >= 0.3 is 17.9 Å². The maximum Gasteiger partial charge on any atom is 0.324 e. The van der Waals surface area contributed by atoms with Crippen LogP contribution in [0.5, 0.6) is 5.75 Å². The predicted octanol–water partition coefficient (Wildman–Crippen LogP) is 6.62. The molecule has 0 aliphatic carbocycles. The summed E-state index contributed by atoms with van der Waals surface area (Å²) in [7, 11) is 2.33. The summed E-state index contributed by atoms with van der Waals surface area (Å²) in [5, 5.41) is 16.9. The van der Waals surface area contributed by atoms with E-state index in [-0.39, 0.29) is 17.3 Å². The molecule has 2 amide bonds. The number of amides is 2. The Bertz CT molecular complexity index is 2750. The molecule has 2 fully saturated rings. The number of anilines is 2. The molecule has 6 aromatic rings. The van der Waals surface area contributed by atoms with Gasteiger partial charge in [0.25, 0.3) is 0 Å². The molecule has 3 aliphatic rings. The normalized spacial score (nSPS) is 22.5. The SMILES string of the molecule is COC(=O)C(CC#Cc1ccc2c(c1)[C@]1(C(=O)N2)[C@H](C(=O)Nc2nc3ccccc3s2)[C@H]2C(=O)O[C@H](c3ccccc3)[C@H](c3ccccc3)N2[C@@H]1c1ccc(O)cc1)C(=O)OC. The molecule has 9 rings (SSSR count). The summed E-state index contributed by atoms with van der Waals surface area (Å²) in [5.74, 6) is -0.308. The minimum Gasteiger partial charge on any atom is -0.508 e. The molecule has 0 saturated carbocycles. The van der Waals surface area contributed by atoms with Crippen molar-refractivity contribution in [3.05, 3.63) is 155 Å². The highest BCUT2D eigenvalue weighted by Crippen LogP contribution is 2.65. The number of aromatic nitrogens is 1. The topological polar surface area (TPSA) is 173 Å². The molecule has 6 atom stereocenters. The summed E-state index contributed by atoms with van der Waals surface area (Å²) in [6, 6.07) is 34.6. The highest BCUT2D eigenvalue weighted by molar-refractivity contribution is 7.22. The van der Waals surface area contributed by atoms with Crippen molar-refractivity contribution in [2.75, 3.05) is 24.9 Å². The molecule has 62 heavy (non-hydrogen) atoms. The second-order valence-corrected chi connectivity index (χ2v) is 16.2. The van der Waals surface area contributed by atoms with E-state index in [9.17, 15) is 14.7 Å². The molecule has 0 unspecified atom stereocenters. The number of cyclic esters (lactones) is 1. The van der Waals surface area contributed by atoms with Gasteiger partial charge in [0.1, 0.15) is 23.3 Å². The Hall–Kier alpha value is -7.34. The molecule has 4 heterocycles. The first-order valence-corrected chi connectivity index (χ1v) is 20.6. The number of thiazole rings is 1. The Morgan fingerprint density at radius 3 is 2.19 bits per heavy atom. The molecule has 13 nitrogen and oxygen atoms in total. The quantitative estimate of drug-likeness (QED) is 0.0651. The van der Waals surface area contributed by atoms with Crippen LogP contribution in [0.3, 0.4) is 0 Å². The molecule has 3 N–H and O–H groups in total. The Labute approximate surface area is 359 Å². The van der Waals surface area contributed by atoms with Crippen molar-refractivity contribution < 1.29 is 43.3 Å². The summed E-state index contributed by atoms with van der Waals surface area (Å²) in [6.07, 6.45) is -1.09. The van der Waals surface area contributed by atoms with Gasteiger partial charge in [-0.25, -0.2) is 4.98 Å². The first kappa shape index (κ1) is 40.1. The van der Waals surface area contributed by atoms with E-state index in [4.69, 9.17) is 14.2 Å². The monoisotopic (exact) mass is 846 g/mol. The van der Waals surface area contributed by atoms with Crippen LogP contribution in [0.1, 0.15) is 52.4 Å². The fraction of sp³-hybridized carbons (Fsp3) is 0.208. The van der Waals surface area contributed by atoms with E-state index in [1.807, 2.05) is 89.8 Å². The Balaban J connectivity index is 1.28. The molecule has 3 aliphatic heterocycles. The number of esters is 3. The van der Waals surface area contributed by atoms with E-state index in [1.54, 1.807) is 30.3 Å². The smallest absolute Gasteiger partial charge is 0.324 e. The van der Waals surface area contributed by atoms with Crippen molar-refractivity contribution in [1.29, 1.82) is 0 Å². The molecule has 2 saturated heterocycles. The number of morpholine rings is 1. The zero-order valence-electron chi connectivity index (χ0n) is 33.3. The number of rotatable bonds is 8. The van der Waals surface area contributed by atoms with E-state index in [0.717, 1.165) is 10.3 Å². The van der Waals surface area contributed by atoms with E-state index < -0.39 is 71.2 Å². The minimum absolute atomic E-state index is 0.0200. The van der Waals surface area contributed by atoms with Gasteiger partial charge in [0.15, 0.2) is 11.0 Å². The Kier molecular flexibility index (Phi) is 10.5. The first-order valence-electron chi connectivity index (χ1n) is 19.8. The van der Waals surface area contributed by atoms with Crippen LogP contribution < -0.4 is 10.6 Å². The lowest BCUT2D eigenvalue weighted by Gasteiger charge is -2.46. The second-order valence-electron chi connectivity index (χ2n) is 15.2. The zero-order valence-corrected chi connectivity index (χ0v) is 34.1. The fourth-order valence-corrected chi connectivity index (χ4v) is 10.1. The summed E-state index contributed by atoms with van der Waals surface area (Å²) in [6.45, 7) is 0. The van der Waals surface area contributed by atoms with Crippen LogP contribution in [0.2, 0.25) is 0 Å². The van der Waals surface area contributed by atoms with E-state index in [2.05, 4.69) is 27.5 Å². The summed E-state index contributed by atoms with van der Waals surface area (Å²) < 4.78 is 16.9. The standard InChI is InChI=1S/C48H38N4O9S/c1-59-43(55)32(44(56)60-2)17-11-12-27-20-25-34-33(26-27)48(46(58)49-34)37(42(54)51-47-50-35-18-9-10-19-36(35)62-47)39-45(57)61-40(29-15-7-4-8-16-29)38(28-13-5-3-6-14-28)52(39)41(48)30-21-23-31(53)24-22-30/h3-10,13-16,18-26,32,37-41,53H,17H2,1-2H3,(H,49,58)(H,50,51,54)/t37-,38-,39-,40+,41+,48-/m0/s1. The number of nitrogens with one attached hydrogen (secondary N) is 2. The van der Waals surface area contributed by atoms with Crippen LogP contribution in [0.25, 0.3) is 10.2 Å². The molecule has 310 valence electrons. The van der Waals surface area contributed by atoms with Gasteiger partial charge < -0.3 is 30.0 Å². The number of methoxy groups -OCH3 is 2. The molecule has 1 spiro atoms. The largest absolute Gasteiger partial charge is 0.508 e.